The molecule has 158 valence electrons. The summed E-state index contributed by atoms with van der Waals surface area (Å²) in [7, 11) is 1.65. The molecule has 0 bridgehead atoms. The number of fused-ring (bicyclic) bond motifs is 1. The maximum absolute atomic E-state index is 13.3. The number of nitrogens with one attached hydrogen (secondary N) is 2. The number of hydrogen-bond donors (Lipinski definition) is 2. The minimum Gasteiger partial charge on any atom is -0.344 e. The third kappa shape index (κ3) is 5.15. The first kappa shape index (κ1) is 21.8. The monoisotopic (exact) mass is 433 g/mol. The summed E-state index contributed by atoms with van der Waals surface area (Å²) in [6.45, 7) is 1.48. The van der Waals surface area contributed by atoms with Gasteiger partial charge in [-0.2, -0.15) is 0 Å². The van der Waals surface area contributed by atoms with Crippen LogP contribution >= 0.6 is 11.8 Å². The molecule has 2 N–H and O–H groups in total. The van der Waals surface area contributed by atoms with E-state index in [2.05, 4.69) is 10.6 Å². The zero-order valence-electron chi connectivity index (χ0n) is 16.4. The van der Waals surface area contributed by atoms with Gasteiger partial charge in [0.15, 0.2) is 0 Å². The van der Waals surface area contributed by atoms with E-state index in [1.54, 1.807) is 7.05 Å². The van der Waals surface area contributed by atoms with Crippen LogP contribution in [0.3, 0.4) is 0 Å². The highest BCUT2D eigenvalue weighted by atomic mass is 32.2. The molecule has 0 fully saturated rings. The molecule has 0 spiro atoms. The fourth-order valence-corrected chi connectivity index (χ4v) is 4.21. The van der Waals surface area contributed by atoms with Crippen molar-refractivity contribution in [3.8, 4) is 0 Å². The zero-order chi connectivity index (χ0) is 21.8. The summed E-state index contributed by atoms with van der Waals surface area (Å²) >= 11 is 1.46. The van der Waals surface area contributed by atoms with Crippen LogP contribution in [-0.4, -0.2) is 42.6 Å². The molecule has 30 heavy (non-hydrogen) atoms. The molecule has 2 aromatic carbocycles. The minimum atomic E-state index is -0.926. The normalized spacial score (nSPS) is 17.0. The molecular weight excluding hydrogens is 412 g/mol. The summed E-state index contributed by atoms with van der Waals surface area (Å²) in [5.74, 6) is -2.54. The summed E-state index contributed by atoms with van der Waals surface area (Å²) in [4.78, 5) is 39.8. The Morgan fingerprint density at radius 2 is 1.87 bits per heavy atom. The Labute approximate surface area is 177 Å². The lowest BCUT2D eigenvalue weighted by molar-refractivity contribution is -0.130. The van der Waals surface area contributed by atoms with Crippen LogP contribution in [0.2, 0.25) is 0 Å². The van der Waals surface area contributed by atoms with Crippen LogP contribution in [0.25, 0.3) is 0 Å². The van der Waals surface area contributed by atoms with Crippen molar-refractivity contribution in [3.63, 3.8) is 0 Å². The van der Waals surface area contributed by atoms with E-state index in [1.807, 2.05) is 24.3 Å². The average Bonchev–Trinajstić information content (AvgIpc) is 2.79. The molecule has 2 atom stereocenters. The van der Waals surface area contributed by atoms with Crippen molar-refractivity contribution in [2.75, 3.05) is 17.7 Å². The van der Waals surface area contributed by atoms with E-state index in [0.717, 1.165) is 22.7 Å². The molecule has 0 saturated carbocycles. The van der Waals surface area contributed by atoms with Crippen LogP contribution in [-0.2, 0) is 20.8 Å². The Kier molecular flexibility index (Phi) is 6.71. The number of likely N-dealkylation sites (N-methyl/N-ethyl adjacent to an activating group) is 1. The quantitative estimate of drug-likeness (QED) is 0.758. The van der Waals surface area contributed by atoms with Gasteiger partial charge in [0.2, 0.25) is 17.7 Å². The van der Waals surface area contributed by atoms with Gasteiger partial charge in [-0.1, -0.05) is 12.1 Å². The lowest BCUT2D eigenvalue weighted by atomic mass is 10.1. The van der Waals surface area contributed by atoms with Crippen LogP contribution in [0.5, 0.6) is 0 Å². The smallest absolute Gasteiger partial charge is 0.250 e. The predicted molar refractivity (Wildman–Crippen MR) is 110 cm³/mol. The molecule has 0 aliphatic carbocycles. The Balaban J connectivity index is 1.58. The number of anilines is 1. The topological polar surface area (TPSA) is 78.5 Å². The van der Waals surface area contributed by atoms with E-state index in [-0.39, 0.29) is 17.9 Å². The lowest BCUT2D eigenvalue weighted by Gasteiger charge is -2.23. The fraction of sp³-hybridized carbons (Fsp3) is 0.286. The van der Waals surface area contributed by atoms with Crippen LogP contribution < -0.4 is 15.5 Å². The van der Waals surface area contributed by atoms with Crippen molar-refractivity contribution >= 4 is 35.2 Å². The molecule has 0 aromatic heterocycles. The summed E-state index contributed by atoms with van der Waals surface area (Å²) in [6.07, 6.45) is -0.275. The van der Waals surface area contributed by atoms with Gasteiger partial charge in [0.1, 0.15) is 23.7 Å². The van der Waals surface area contributed by atoms with Crippen LogP contribution in [0.15, 0.2) is 47.4 Å². The lowest BCUT2D eigenvalue weighted by Crippen LogP contribution is -2.53. The number of carbonyl (C=O) groups is 3. The molecule has 3 rings (SSSR count). The molecule has 1 aliphatic heterocycles. The number of nitrogens with zero attached hydrogens (tertiary/aromatic N) is 1. The van der Waals surface area contributed by atoms with Crippen molar-refractivity contribution in [1.82, 2.24) is 10.6 Å². The molecule has 1 unspecified atom stereocenters. The first-order valence-electron chi connectivity index (χ1n) is 9.28. The summed E-state index contributed by atoms with van der Waals surface area (Å²) in [5, 5.41) is 5.16. The highest BCUT2D eigenvalue weighted by Crippen LogP contribution is 2.33. The Morgan fingerprint density at radius 1 is 1.20 bits per heavy atom. The SMILES string of the molecule is C[C@H](NC(=O)Cc1cc(F)cc(F)c1)C(=O)NC1CSc2ccccc2N(C)C1=O. The highest BCUT2D eigenvalue weighted by Gasteiger charge is 2.30. The first-order chi connectivity index (χ1) is 14.2. The number of rotatable bonds is 5. The Morgan fingerprint density at radius 3 is 2.57 bits per heavy atom. The third-order valence-electron chi connectivity index (χ3n) is 4.64. The fourth-order valence-electron chi connectivity index (χ4n) is 3.11. The molecule has 0 saturated heterocycles. The Hall–Kier alpha value is -2.94. The summed E-state index contributed by atoms with van der Waals surface area (Å²) in [5.41, 5.74) is 0.931. The number of hydrogen-bond acceptors (Lipinski definition) is 4. The first-order valence-corrected chi connectivity index (χ1v) is 10.3. The van der Waals surface area contributed by atoms with Gasteiger partial charge in [0, 0.05) is 23.8 Å². The van der Waals surface area contributed by atoms with Crippen LogP contribution in [0.4, 0.5) is 14.5 Å². The number of halogens is 2. The molecule has 3 amide bonds. The van der Waals surface area contributed by atoms with E-state index < -0.39 is 35.5 Å². The molecule has 1 aliphatic rings. The molecule has 2 aromatic rings. The minimum absolute atomic E-state index is 0.160. The summed E-state index contributed by atoms with van der Waals surface area (Å²) < 4.78 is 26.5. The van der Waals surface area contributed by atoms with E-state index in [1.165, 1.54) is 23.6 Å². The number of amides is 3. The molecule has 0 radical (unpaired) electrons. The van der Waals surface area contributed by atoms with Gasteiger partial charge in [-0.05, 0) is 36.8 Å². The second-order valence-corrected chi connectivity index (χ2v) is 8.04. The Bertz CT molecular complexity index is 965. The summed E-state index contributed by atoms with van der Waals surface area (Å²) in [6, 6.07) is 8.62. The average molecular weight is 433 g/mol. The van der Waals surface area contributed by atoms with Gasteiger partial charge in [0.25, 0.3) is 0 Å². The van der Waals surface area contributed by atoms with Crippen LogP contribution in [0.1, 0.15) is 12.5 Å². The van der Waals surface area contributed by atoms with Crippen molar-refractivity contribution in [1.29, 1.82) is 0 Å². The zero-order valence-corrected chi connectivity index (χ0v) is 17.3. The molecule has 9 heteroatoms. The largest absolute Gasteiger partial charge is 0.344 e. The predicted octanol–water partition coefficient (Wildman–Crippen LogP) is 2.27. The number of para-hydroxylation sites is 1. The standard InChI is InChI=1S/C21H21F2N3O3S/c1-12(24-19(27)9-13-7-14(22)10-15(23)8-13)20(28)25-16-11-30-18-6-4-3-5-17(18)26(2)21(16)29/h3-8,10,12,16H,9,11H2,1-2H3,(H,24,27)(H,25,28)/t12-,16?/m0/s1. The highest BCUT2D eigenvalue weighted by molar-refractivity contribution is 7.99. The van der Waals surface area contributed by atoms with Crippen molar-refractivity contribution in [3.05, 3.63) is 59.7 Å². The van der Waals surface area contributed by atoms with E-state index in [9.17, 15) is 23.2 Å². The van der Waals surface area contributed by atoms with Crippen molar-refractivity contribution < 1.29 is 23.2 Å². The van der Waals surface area contributed by atoms with E-state index >= 15 is 0 Å². The van der Waals surface area contributed by atoms with Gasteiger partial charge >= 0.3 is 0 Å². The second-order valence-electron chi connectivity index (χ2n) is 6.98. The maximum atomic E-state index is 13.3. The molecular formula is C21H21F2N3O3S. The second kappa shape index (κ2) is 9.25. The molecule has 6 nitrogen and oxygen atoms in total. The van der Waals surface area contributed by atoms with Crippen LogP contribution in [0, 0.1) is 11.6 Å². The molecule has 1 heterocycles. The van der Waals surface area contributed by atoms with E-state index in [0.29, 0.717) is 11.8 Å². The number of carbonyl (C=O) groups excluding carboxylic acids is 3. The van der Waals surface area contributed by atoms with Gasteiger partial charge in [-0.15, -0.1) is 11.8 Å². The van der Waals surface area contributed by atoms with E-state index in [4.69, 9.17) is 0 Å². The third-order valence-corrected chi connectivity index (χ3v) is 5.79. The number of thioether (sulfide) groups is 1. The van der Waals surface area contributed by atoms with Gasteiger partial charge < -0.3 is 15.5 Å². The van der Waals surface area contributed by atoms with Crippen molar-refractivity contribution in [2.24, 2.45) is 0 Å². The van der Waals surface area contributed by atoms with Gasteiger partial charge in [-0.3, -0.25) is 14.4 Å². The maximum Gasteiger partial charge on any atom is 0.250 e. The number of benzene rings is 2. The van der Waals surface area contributed by atoms with Gasteiger partial charge in [0.05, 0.1) is 12.1 Å². The van der Waals surface area contributed by atoms with Gasteiger partial charge in [-0.25, -0.2) is 8.78 Å². The van der Waals surface area contributed by atoms with Crippen molar-refractivity contribution in [2.45, 2.75) is 30.3 Å².